The van der Waals surface area contributed by atoms with Crippen molar-refractivity contribution in [2.45, 2.75) is 38.5 Å². The fourth-order valence-electron chi connectivity index (χ4n) is 2.61. The largest absolute Gasteiger partial charge is 0.466 e. The highest BCUT2D eigenvalue weighted by atomic mass is 32.2. The first-order valence-electron chi connectivity index (χ1n) is 9.51. The molecule has 7 nitrogen and oxygen atoms in total. The molecule has 0 aliphatic rings. The Hall–Kier alpha value is -2.74. The number of aromatic nitrogens is 1. The van der Waals surface area contributed by atoms with Gasteiger partial charge in [-0.15, -0.1) is 0 Å². The fraction of sp³-hybridized carbons (Fsp3) is 0.381. The van der Waals surface area contributed by atoms with Crippen molar-refractivity contribution in [2.75, 3.05) is 24.1 Å². The Balaban J connectivity index is 2.34. The van der Waals surface area contributed by atoms with Crippen molar-refractivity contribution in [3.63, 3.8) is 0 Å². The quantitative estimate of drug-likeness (QED) is 0.550. The summed E-state index contributed by atoms with van der Waals surface area (Å²) in [7, 11) is -1.62. The monoisotopic (exact) mass is 418 g/mol. The summed E-state index contributed by atoms with van der Waals surface area (Å²) in [6, 6.07) is 10.5. The number of hydrogen-bond donors (Lipinski definition) is 0. The highest BCUT2D eigenvalue weighted by molar-refractivity contribution is 7.86. The van der Waals surface area contributed by atoms with E-state index < -0.39 is 17.0 Å². The zero-order valence-corrected chi connectivity index (χ0v) is 17.7. The first kappa shape index (κ1) is 22.5. The predicted molar refractivity (Wildman–Crippen MR) is 111 cm³/mol. The van der Waals surface area contributed by atoms with E-state index in [4.69, 9.17) is 9.47 Å². The van der Waals surface area contributed by atoms with Gasteiger partial charge in [-0.05, 0) is 51.5 Å². The van der Waals surface area contributed by atoms with Gasteiger partial charge in [0.05, 0.1) is 18.1 Å². The lowest BCUT2D eigenvalue weighted by atomic mass is 10.2. The molecule has 2 rings (SSSR count). The van der Waals surface area contributed by atoms with Gasteiger partial charge in [-0.1, -0.05) is 17.7 Å². The van der Waals surface area contributed by atoms with Gasteiger partial charge in [-0.2, -0.15) is 0 Å². The molecule has 0 radical (unpaired) electrons. The number of pyridine rings is 1. The van der Waals surface area contributed by atoms with Gasteiger partial charge in [0.25, 0.3) is 0 Å². The molecule has 0 fully saturated rings. The van der Waals surface area contributed by atoms with Crippen LogP contribution in [0.5, 0.6) is 0 Å². The molecule has 1 aromatic heterocycles. The Kier molecular flexibility index (Phi) is 8.79. The third-order valence-corrected chi connectivity index (χ3v) is 5.42. The number of benzene rings is 1. The van der Waals surface area contributed by atoms with E-state index in [0.717, 1.165) is 5.56 Å². The van der Waals surface area contributed by atoms with E-state index in [1.54, 1.807) is 38.1 Å². The minimum atomic E-state index is -1.62. The molecule has 0 spiro atoms. The standard InChI is InChI=1S/C21H26N2O5S/c1-4-27-19(24)9-7-15-23(29(26)17-12-10-16(3)11-13-17)20-18(8-6-14-22-20)21(25)28-5-2/h6,8,10-14H,4-5,7,9,15H2,1-3H3. The molecule has 1 unspecified atom stereocenters. The average molecular weight is 419 g/mol. The van der Waals surface area contributed by atoms with Crippen LogP contribution in [-0.4, -0.2) is 40.9 Å². The zero-order valence-electron chi connectivity index (χ0n) is 16.9. The minimum absolute atomic E-state index is 0.178. The topological polar surface area (TPSA) is 85.8 Å². The predicted octanol–water partition coefficient (Wildman–Crippen LogP) is 3.44. The average Bonchev–Trinajstić information content (AvgIpc) is 2.72. The van der Waals surface area contributed by atoms with Crippen LogP contribution >= 0.6 is 0 Å². The van der Waals surface area contributed by atoms with Gasteiger partial charge in [0.2, 0.25) is 0 Å². The van der Waals surface area contributed by atoms with E-state index in [1.807, 2.05) is 19.1 Å². The van der Waals surface area contributed by atoms with E-state index in [2.05, 4.69) is 4.98 Å². The second kappa shape index (κ2) is 11.3. The van der Waals surface area contributed by atoms with Crippen LogP contribution < -0.4 is 4.31 Å². The van der Waals surface area contributed by atoms with Crippen LogP contribution in [0.4, 0.5) is 5.82 Å². The number of hydrogen-bond acceptors (Lipinski definition) is 6. The highest BCUT2D eigenvalue weighted by Crippen LogP contribution is 2.24. The third kappa shape index (κ3) is 6.39. The molecule has 1 heterocycles. The molecule has 156 valence electrons. The Labute approximate surface area is 173 Å². The molecule has 2 aromatic rings. The molecule has 0 amide bonds. The molecular formula is C21H26N2O5S. The van der Waals surface area contributed by atoms with Crippen LogP contribution in [0, 0.1) is 6.92 Å². The Morgan fingerprint density at radius 2 is 1.76 bits per heavy atom. The van der Waals surface area contributed by atoms with Crippen LogP contribution in [-0.2, 0) is 25.3 Å². The number of nitrogens with zero attached hydrogens (tertiary/aromatic N) is 2. The summed E-state index contributed by atoms with van der Waals surface area (Å²) in [5, 5.41) is 0. The summed E-state index contributed by atoms with van der Waals surface area (Å²) < 4.78 is 24.9. The summed E-state index contributed by atoms with van der Waals surface area (Å²) in [6.45, 7) is 6.19. The van der Waals surface area contributed by atoms with Gasteiger partial charge in [-0.3, -0.25) is 9.10 Å². The summed E-state index contributed by atoms with van der Waals surface area (Å²) in [5.74, 6) is -0.596. The molecule has 0 saturated carbocycles. The molecule has 1 atom stereocenters. The van der Waals surface area contributed by atoms with Gasteiger partial charge >= 0.3 is 11.9 Å². The van der Waals surface area contributed by atoms with Crippen LogP contribution in [0.15, 0.2) is 47.5 Å². The lowest BCUT2D eigenvalue weighted by molar-refractivity contribution is -0.143. The van der Waals surface area contributed by atoms with E-state index in [1.165, 1.54) is 10.5 Å². The number of carbonyl (C=O) groups is 2. The van der Waals surface area contributed by atoms with E-state index in [-0.39, 0.29) is 36.9 Å². The first-order valence-corrected chi connectivity index (χ1v) is 10.6. The summed E-state index contributed by atoms with van der Waals surface area (Å²) in [6.07, 6.45) is 2.11. The van der Waals surface area contributed by atoms with E-state index in [0.29, 0.717) is 17.9 Å². The summed E-state index contributed by atoms with van der Waals surface area (Å²) in [5.41, 5.74) is 1.27. The highest BCUT2D eigenvalue weighted by Gasteiger charge is 2.24. The van der Waals surface area contributed by atoms with Gasteiger partial charge in [0.15, 0.2) is 16.8 Å². The molecule has 1 aromatic carbocycles. The van der Waals surface area contributed by atoms with E-state index in [9.17, 15) is 13.8 Å². The van der Waals surface area contributed by atoms with E-state index >= 15 is 0 Å². The van der Waals surface area contributed by atoms with Crippen molar-refractivity contribution >= 4 is 28.7 Å². The third-order valence-electron chi connectivity index (χ3n) is 3.99. The maximum Gasteiger partial charge on any atom is 0.341 e. The number of rotatable bonds is 10. The second-order valence-corrected chi connectivity index (χ2v) is 7.58. The SMILES string of the molecule is CCOC(=O)CCCN(c1ncccc1C(=O)OCC)S(=O)c1ccc(C)cc1. The first-order chi connectivity index (χ1) is 14.0. The normalized spacial score (nSPS) is 11.6. The summed E-state index contributed by atoms with van der Waals surface area (Å²) in [4.78, 5) is 28.9. The molecule has 0 N–H and O–H groups in total. The lowest BCUT2D eigenvalue weighted by Crippen LogP contribution is -2.30. The molecular weight excluding hydrogens is 392 g/mol. The number of ether oxygens (including phenoxy) is 2. The molecule has 0 aliphatic heterocycles. The van der Waals surface area contributed by atoms with Gasteiger partial charge < -0.3 is 9.47 Å². The number of aryl methyl sites for hydroxylation is 1. The van der Waals surface area contributed by atoms with Crippen molar-refractivity contribution in [1.82, 2.24) is 4.98 Å². The fourth-order valence-corrected chi connectivity index (χ4v) is 3.83. The van der Waals surface area contributed by atoms with Crippen molar-refractivity contribution in [2.24, 2.45) is 0 Å². The van der Waals surface area contributed by atoms with Crippen molar-refractivity contribution in [1.29, 1.82) is 0 Å². The minimum Gasteiger partial charge on any atom is -0.466 e. The molecule has 8 heteroatoms. The summed E-state index contributed by atoms with van der Waals surface area (Å²) >= 11 is 0. The van der Waals surface area contributed by atoms with Crippen molar-refractivity contribution < 1.29 is 23.3 Å². The number of anilines is 1. The maximum absolute atomic E-state index is 13.3. The number of carbonyl (C=O) groups excluding carboxylic acids is 2. The molecule has 29 heavy (non-hydrogen) atoms. The van der Waals surface area contributed by atoms with Gasteiger partial charge in [0.1, 0.15) is 5.56 Å². The molecule has 0 aliphatic carbocycles. The van der Waals surface area contributed by atoms with Crippen LogP contribution in [0.2, 0.25) is 0 Å². The number of esters is 2. The Morgan fingerprint density at radius 1 is 1.07 bits per heavy atom. The van der Waals surface area contributed by atoms with Crippen LogP contribution in [0.3, 0.4) is 0 Å². The maximum atomic E-state index is 13.3. The van der Waals surface area contributed by atoms with Crippen molar-refractivity contribution in [3.05, 3.63) is 53.7 Å². The van der Waals surface area contributed by atoms with Gasteiger partial charge in [0, 0.05) is 19.2 Å². The smallest absolute Gasteiger partial charge is 0.341 e. The lowest BCUT2D eigenvalue weighted by Gasteiger charge is -2.24. The van der Waals surface area contributed by atoms with Gasteiger partial charge in [-0.25, -0.2) is 14.0 Å². The molecule has 0 bridgehead atoms. The second-order valence-electron chi connectivity index (χ2n) is 6.17. The zero-order chi connectivity index (χ0) is 21.2. The van der Waals surface area contributed by atoms with Crippen molar-refractivity contribution in [3.8, 4) is 0 Å². The Bertz CT molecular complexity index is 854. The van der Waals surface area contributed by atoms with Crippen LogP contribution in [0.25, 0.3) is 0 Å². The van der Waals surface area contributed by atoms with Crippen LogP contribution in [0.1, 0.15) is 42.6 Å². The molecule has 0 saturated heterocycles. The Morgan fingerprint density at radius 3 is 2.41 bits per heavy atom.